The number of carbonyl (C=O) groups is 2. The predicted octanol–water partition coefficient (Wildman–Crippen LogP) is 3.90. The smallest absolute Gasteiger partial charge is 0.255 e. The van der Waals surface area contributed by atoms with E-state index in [4.69, 9.17) is 4.74 Å². The highest BCUT2D eigenvalue weighted by Crippen LogP contribution is 2.39. The maximum absolute atomic E-state index is 13.5. The zero-order valence-corrected chi connectivity index (χ0v) is 19.5. The first-order chi connectivity index (χ1) is 15.6. The average molecular weight is 442 g/mol. The minimum Gasteiger partial charge on any atom is -0.491 e. The van der Waals surface area contributed by atoms with Crippen molar-refractivity contribution in [3.8, 4) is 5.75 Å². The van der Waals surface area contributed by atoms with Crippen LogP contribution in [-0.2, 0) is 4.79 Å². The highest BCUT2D eigenvalue weighted by Gasteiger charge is 2.42. The third-order valence-corrected chi connectivity index (χ3v) is 7.69. The number of nitrogens with zero attached hydrogens (tertiary/aromatic N) is 1. The highest BCUT2D eigenvalue weighted by molar-refractivity contribution is 5.96. The molecule has 1 saturated carbocycles. The quantitative estimate of drug-likeness (QED) is 0.693. The Hall–Kier alpha value is -2.08. The molecular weight excluding hydrogens is 402 g/mol. The number of benzene rings is 1. The van der Waals surface area contributed by atoms with Crippen LogP contribution < -0.4 is 15.4 Å². The maximum Gasteiger partial charge on any atom is 0.255 e. The molecule has 0 radical (unpaired) electrons. The molecule has 0 aromatic heterocycles. The van der Waals surface area contributed by atoms with Gasteiger partial charge >= 0.3 is 0 Å². The summed E-state index contributed by atoms with van der Waals surface area (Å²) < 4.78 is 5.97. The molecule has 1 aromatic rings. The van der Waals surface area contributed by atoms with Crippen LogP contribution in [0.1, 0.15) is 81.5 Å². The van der Waals surface area contributed by atoms with Crippen LogP contribution in [0.15, 0.2) is 24.3 Å². The van der Waals surface area contributed by atoms with Gasteiger partial charge in [0.25, 0.3) is 5.91 Å². The first kappa shape index (κ1) is 23.1. The molecule has 2 N–H and O–H groups in total. The second-order valence-corrected chi connectivity index (χ2v) is 10.0. The zero-order chi connectivity index (χ0) is 22.4. The van der Waals surface area contributed by atoms with Gasteiger partial charge in [-0.2, -0.15) is 0 Å². The normalized spacial score (nSPS) is 26.3. The second kappa shape index (κ2) is 10.7. The highest BCUT2D eigenvalue weighted by atomic mass is 16.5. The Labute approximate surface area is 192 Å². The van der Waals surface area contributed by atoms with Gasteiger partial charge in [0.1, 0.15) is 12.4 Å². The summed E-state index contributed by atoms with van der Waals surface area (Å²) in [6.07, 6.45) is 11.1. The van der Waals surface area contributed by atoms with Crippen molar-refractivity contribution in [1.29, 1.82) is 0 Å². The fourth-order valence-corrected chi connectivity index (χ4v) is 5.65. The van der Waals surface area contributed by atoms with E-state index in [-0.39, 0.29) is 23.3 Å². The molecule has 0 bridgehead atoms. The third kappa shape index (κ3) is 5.45. The molecule has 1 aromatic carbocycles. The Balaban J connectivity index is 1.44. The van der Waals surface area contributed by atoms with Crippen molar-refractivity contribution in [2.24, 2.45) is 5.41 Å². The van der Waals surface area contributed by atoms with Gasteiger partial charge in [0.05, 0.1) is 17.0 Å². The number of hydrogen-bond acceptors (Lipinski definition) is 4. The molecule has 6 heteroatoms. The van der Waals surface area contributed by atoms with Gasteiger partial charge in [0.15, 0.2) is 0 Å². The number of rotatable bonds is 1. The Bertz CT molecular complexity index is 782. The Morgan fingerprint density at radius 1 is 0.969 bits per heavy atom. The van der Waals surface area contributed by atoms with Gasteiger partial charge in [-0.3, -0.25) is 9.59 Å². The Kier molecular flexibility index (Phi) is 7.71. The van der Waals surface area contributed by atoms with E-state index in [1.54, 1.807) is 6.07 Å². The third-order valence-electron chi connectivity index (χ3n) is 7.69. The van der Waals surface area contributed by atoms with Crippen molar-refractivity contribution >= 4 is 11.8 Å². The molecule has 6 nitrogen and oxygen atoms in total. The topological polar surface area (TPSA) is 70.7 Å². The number of piperidine rings is 1. The van der Waals surface area contributed by atoms with E-state index in [2.05, 4.69) is 15.5 Å². The molecular formula is C26H39N3O3. The summed E-state index contributed by atoms with van der Waals surface area (Å²) in [6.45, 7) is 5.05. The lowest BCUT2D eigenvalue weighted by Crippen LogP contribution is -2.53. The van der Waals surface area contributed by atoms with Crippen LogP contribution in [0.4, 0.5) is 0 Å². The number of amides is 2. The number of fused-ring (bicyclic) bond motifs is 1. The molecule has 2 aliphatic heterocycles. The van der Waals surface area contributed by atoms with E-state index < -0.39 is 0 Å². The Morgan fingerprint density at radius 2 is 1.72 bits per heavy atom. The van der Waals surface area contributed by atoms with Crippen LogP contribution in [0.25, 0.3) is 0 Å². The van der Waals surface area contributed by atoms with Gasteiger partial charge in [-0.25, -0.2) is 0 Å². The molecule has 3 aliphatic rings. The van der Waals surface area contributed by atoms with Gasteiger partial charge in [-0.1, -0.05) is 37.8 Å². The van der Waals surface area contributed by atoms with Crippen molar-refractivity contribution in [2.45, 2.75) is 83.2 Å². The summed E-state index contributed by atoms with van der Waals surface area (Å²) in [5.74, 6) is 0.667. The SMILES string of the molecule is C[C@H]1COc2ccccc2C(=O)NCCCCCC2(CCN(C3CCCC3)CC2)C(=O)N1. The number of carbonyl (C=O) groups excluding carboxylic acids is 2. The monoisotopic (exact) mass is 441 g/mol. The van der Waals surface area contributed by atoms with Crippen molar-refractivity contribution in [3.05, 3.63) is 29.8 Å². The van der Waals surface area contributed by atoms with Gasteiger partial charge < -0.3 is 20.3 Å². The predicted molar refractivity (Wildman–Crippen MR) is 126 cm³/mol. The van der Waals surface area contributed by atoms with E-state index in [9.17, 15) is 9.59 Å². The largest absolute Gasteiger partial charge is 0.491 e. The number of ether oxygens (including phenoxy) is 1. The van der Waals surface area contributed by atoms with E-state index in [0.29, 0.717) is 24.5 Å². The lowest BCUT2D eigenvalue weighted by molar-refractivity contribution is -0.136. The van der Waals surface area contributed by atoms with Crippen LogP contribution in [0.2, 0.25) is 0 Å². The maximum atomic E-state index is 13.5. The number of para-hydroxylation sites is 1. The summed E-state index contributed by atoms with van der Waals surface area (Å²) in [5, 5.41) is 6.28. The first-order valence-corrected chi connectivity index (χ1v) is 12.6. The summed E-state index contributed by atoms with van der Waals surface area (Å²) >= 11 is 0. The van der Waals surface area contributed by atoms with E-state index >= 15 is 0 Å². The molecule has 2 heterocycles. The molecule has 0 unspecified atom stereocenters. The van der Waals surface area contributed by atoms with Gasteiger partial charge in [0, 0.05) is 12.6 Å². The molecule has 4 rings (SSSR count). The number of nitrogens with one attached hydrogen (secondary N) is 2. The molecule has 2 fully saturated rings. The van der Waals surface area contributed by atoms with Gasteiger partial charge in [0.2, 0.25) is 5.91 Å². The van der Waals surface area contributed by atoms with Crippen molar-refractivity contribution < 1.29 is 14.3 Å². The summed E-state index contributed by atoms with van der Waals surface area (Å²) in [4.78, 5) is 28.7. The fourth-order valence-electron chi connectivity index (χ4n) is 5.65. The molecule has 1 atom stereocenters. The molecule has 1 aliphatic carbocycles. The van der Waals surface area contributed by atoms with Crippen LogP contribution in [0.5, 0.6) is 5.75 Å². The molecule has 2 amide bonds. The fraction of sp³-hybridized carbons (Fsp3) is 0.692. The lowest BCUT2D eigenvalue weighted by Gasteiger charge is -2.43. The van der Waals surface area contributed by atoms with Crippen molar-refractivity contribution in [2.75, 3.05) is 26.2 Å². The molecule has 32 heavy (non-hydrogen) atoms. The second-order valence-electron chi connectivity index (χ2n) is 10.0. The Morgan fingerprint density at radius 3 is 2.50 bits per heavy atom. The minimum absolute atomic E-state index is 0.0945. The van der Waals surface area contributed by atoms with Crippen LogP contribution in [0.3, 0.4) is 0 Å². The first-order valence-electron chi connectivity index (χ1n) is 12.6. The van der Waals surface area contributed by atoms with Crippen LogP contribution in [-0.4, -0.2) is 55.0 Å². The van der Waals surface area contributed by atoms with Crippen LogP contribution in [0, 0.1) is 5.41 Å². The van der Waals surface area contributed by atoms with E-state index in [1.807, 2.05) is 25.1 Å². The van der Waals surface area contributed by atoms with Gasteiger partial charge in [-0.15, -0.1) is 0 Å². The van der Waals surface area contributed by atoms with E-state index in [1.165, 1.54) is 25.7 Å². The number of hydrogen-bond donors (Lipinski definition) is 2. The summed E-state index contributed by atoms with van der Waals surface area (Å²) in [6, 6.07) is 7.95. The standard InChI is InChI=1S/C26H39N3O3/c1-20-19-32-23-12-6-5-11-22(23)24(30)27-16-8-2-7-13-26(25(31)28-20)14-17-29(18-15-26)21-9-3-4-10-21/h5-6,11-12,20-21H,2-4,7-10,13-19H2,1H3,(H,27,30)(H,28,31)/t20-/m0/s1. The molecule has 1 spiro atoms. The van der Waals surface area contributed by atoms with Gasteiger partial charge in [-0.05, 0) is 70.7 Å². The minimum atomic E-state index is -0.273. The van der Waals surface area contributed by atoms with Crippen molar-refractivity contribution in [3.63, 3.8) is 0 Å². The average Bonchev–Trinajstić information content (AvgIpc) is 3.35. The zero-order valence-electron chi connectivity index (χ0n) is 19.5. The number of likely N-dealkylation sites (tertiary alicyclic amines) is 1. The van der Waals surface area contributed by atoms with E-state index in [0.717, 1.165) is 57.7 Å². The lowest BCUT2D eigenvalue weighted by atomic mass is 9.73. The van der Waals surface area contributed by atoms with Crippen LogP contribution >= 0.6 is 0 Å². The van der Waals surface area contributed by atoms with Crippen molar-refractivity contribution in [1.82, 2.24) is 15.5 Å². The summed E-state index contributed by atoms with van der Waals surface area (Å²) in [7, 11) is 0. The summed E-state index contributed by atoms with van der Waals surface area (Å²) in [5.41, 5.74) is 0.279. The molecule has 176 valence electrons. The molecule has 1 saturated heterocycles.